The summed E-state index contributed by atoms with van der Waals surface area (Å²) < 4.78 is 0. The van der Waals surface area contributed by atoms with Crippen molar-refractivity contribution in [1.29, 1.82) is 0 Å². The molecule has 0 atom stereocenters. The summed E-state index contributed by atoms with van der Waals surface area (Å²) in [6, 6.07) is 0. The van der Waals surface area contributed by atoms with Crippen molar-refractivity contribution in [3.8, 4) is 0 Å². The van der Waals surface area contributed by atoms with Crippen molar-refractivity contribution in [1.82, 2.24) is 0 Å². The molecule has 0 aliphatic heterocycles. The number of hydrogen-bond donors (Lipinski definition) is 0. The molecule has 0 N–H and O–H groups in total. The van der Waals surface area contributed by atoms with Crippen LogP contribution in [0.1, 0.15) is 6.92 Å². The van der Waals surface area contributed by atoms with Gasteiger partial charge in [0, 0.05) is 0 Å². The summed E-state index contributed by atoms with van der Waals surface area (Å²) in [5.74, 6) is 0. The van der Waals surface area contributed by atoms with E-state index in [9.17, 15) is 0 Å². The third-order valence-electron chi connectivity index (χ3n) is 0.204. The molecule has 2 heteroatoms. The molecular formula is C2H5BTi+2. The van der Waals surface area contributed by atoms with Crippen LogP contribution < -0.4 is 0 Å². The van der Waals surface area contributed by atoms with Gasteiger partial charge in [-0.25, -0.2) is 0 Å². The molecule has 0 saturated carbocycles. The first-order valence-electron chi connectivity index (χ1n) is 1.40. The van der Waals surface area contributed by atoms with E-state index in [1.807, 2.05) is 0 Å². The predicted octanol–water partition coefficient (Wildman–Crippen LogP) is 0.591. The Kier molecular flexibility index (Phi) is 4.52. The molecule has 0 amide bonds. The fraction of sp³-hybridized carbons (Fsp3) is 1.00. The van der Waals surface area contributed by atoms with Crippen molar-refractivity contribution in [2.75, 3.05) is 0 Å². The molecule has 0 radical (unpaired) electrons. The minimum atomic E-state index is 1.19. The second kappa shape index (κ2) is 3.78. The van der Waals surface area contributed by atoms with Gasteiger partial charge in [0.15, 0.2) is 0 Å². The van der Waals surface area contributed by atoms with E-state index in [4.69, 9.17) is 0 Å². The van der Waals surface area contributed by atoms with E-state index in [-0.39, 0.29) is 0 Å². The first kappa shape index (κ1) is 4.78. The maximum atomic E-state index is 2.12. The van der Waals surface area contributed by atoms with Gasteiger partial charge in [-0.3, -0.25) is 0 Å². The third kappa shape index (κ3) is 2.78. The van der Waals surface area contributed by atoms with E-state index in [0.29, 0.717) is 0 Å². The van der Waals surface area contributed by atoms with Gasteiger partial charge < -0.3 is 0 Å². The van der Waals surface area contributed by atoms with Crippen LogP contribution in [0.4, 0.5) is 0 Å². The Balaban J connectivity index is 2.30. The summed E-state index contributed by atoms with van der Waals surface area (Å²) in [6.45, 7) is 2.12. The Hall–Kier alpha value is 0.779. The van der Waals surface area contributed by atoms with Crippen LogP contribution in [-0.4, -0.2) is 5.02 Å². The first-order valence-corrected chi connectivity index (χ1v) is 2.31. The first-order chi connectivity index (χ1) is 1.91. The van der Waals surface area contributed by atoms with Gasteiger partial charge in [-0.15, -0.1) is 0 Å². The number of hydrogen-bond acceptors (Lipinski definition) is 0. The van der Waals surface area contributed by atoms with Crippen LogP contribution >= 0.6 is 0 Å². The molecular weight excluding hydrogens is 82.7 g/mol. The van der Waals surface area contributed by atoms with E-state index < -0.39 is 0 Å². The molecule has 0 heterocycles. The Labute approximate surface area is 38.5 Å². The van der Waals surface area contributed by atoms with Crippen molar-refractivity contribution in [3.63, 3.8) is 0 Å². The van der Waals surface area contributed by atoms with Crippen molar-refractivity contribution < 1.29 is 19.8 Å². The topological polar surface area (TPSA) is 0 Å². The normalized spacial score (nSPS) is 5.75. The zero-order chi connectivity index (χ0) is 3.41. The van der Waals surface area contributed by atoms with E-state index in [1.54, 1.807) is 0 Å². The zero-order valence-electron chi connectivity index (χ0n) is 2.78. The van der Waals surface area contributed by atoms with Crippen molar-refractivity contribution in [2.24, 2.45) is 0 Å². The van der Waals surface area contributed by atoms with Gasteiger partial charge in [-0.1, -0.05) is 0 Å². The molecule has 18 valence electrons. The van der Waals surface area contributed by atoms with Gasteiger partial charge in [0.05, 0.1) is 0 Å². The summed E-state index contributed by atoms with van der Waals surface area (Å²) >= 11 is 2.06. The van der Waals surface area contributed by atoms with Crippen LogP contribution in [0.15, 0.2) is 0 Å². The molecule has 0 bridgehead atoms. The zero-order valence-corrected chi connectivity index (χ0v) is 4.35. The second-order valence-corrected chi connectivity index (χ2v) is 1.25. The van der Waals surface area contributed by atoms with Crippen LogP contribution in [0.25, 0.3) is 0 Å². The molecule has 0 nitrogen and oxygen atoms in total. The van der Waals surface area contributed by atoms with Crippen LogP contribution in [0.5, 0.6) is 0 Å². The standard InChI is InChI=1S/C2H5B.Ti/c1-2-3;/h2H2,1H3;/q;+2. The van der Waals surface area contributed by atoms with Gasteiger partial charge >= 0.3 is 38.0 Å². The van der Waals surface area contributed by atoms with E-state index in [2.05, 4.69) is 31.7 Å². The summed E-state index contributed by atoms with van der Waals surface area (Å²) in [6.07, 6.45) is 1.19. The maximum absolute atomic E-state index is 2.12. The predicted molar refractivity (Wildman–Crippen MR) is 16.2 cm³/mol. The Morgan fingerprint density at radius 3 is 2.25 bits per heavy atom. The van der Waals surface area contributed by atoms with Crippen LogP contribution in [-0.2, 0) is 19.8 Å². The number of rotatable bonds is 1. The van der Waals surface area contributed by atoms with Gasteiger partial charge in [-0.2, -0.15) is 0 Å². The average Bonchev–Trinajstić information content (AvgIpc) is 1.37. The summed E-state index contributed by atoms with van der Waals surface area (Å²) in [5, 5.41) is 2.12. The molecule has 0 saturated heterocycles. The SMILES string of the molecule is CC[B]=[Ti+2]. The monoisotopic (exact) mass is 88.0 g/mol. The molecule has 0 unspecified atom stereocenters. The Bertz CT molecular complexity index is 20.0. The molecule has 0 aliphatic carbocycles. The third-order valence-corrected chi connectivity index (χ3v) is 0.842. The van der Waals surface area contributed by atoms with E-state index in [0.717, 1.165) is 0 Å². The molecule has 0 aromatic carbocycles. The minimum absolute atomic E-state index is 1.19. The van der Waals surface area contributed by atoms with Crippen LogP contribution in [0.3, 0.4) is 0 Å². The summed E-state index contributed by atoms with van der Waals surface area (Å²) in [4.78, 5) is 0. The van der Waals surface area contributed by atoms with E-state index in [1.165, 1.54) is 6.32 Å². The quantitative estimate of drug-likeness (QED) is 0.411. The Morgan fingerprint density at radius 1 is 2.00 bits per heavy atom. The van der Waals surface area contributed by atoms with Crippen molar-refractivity contribution >= 4 is 5.02 Å². The van der Waals surface area contributed by atoms with Gasteiger partial charge in [0.1, 0.15) is 0 Å². The molecule has 0 spiro atoms. The van der Waals surface area contributed by atoms with Crippen LogP contribution in [0.2, 0.25) is 6.32 Å². The van der Waals surface area contributed by atoms with Gasteiger partial charge in [-0.05, 0) is 0 Å². The van der Waals surface area contributed by atoms with E-state index >= 15 is 0 Å². The molecule has 4 heavy (non-hydrogen) atoms. The molecule has 0 aliphatic rings. The Morgan fingerprint density at radius 2 is 2.25 bits per heavy atom. The summed E-state index contributed by atoms with van der Waals surface area (Å²) in [7, 11) is 0. The van der Waals surface area contributed by atoms with Crippen molar-refractivity contribution in [3.05, 3.63) is 0 Å². The summed E-state index contributed by atoms with van der Waals surface area (Å²) in [5.41, 5.74) is 0. The fourth-order valence-corrected chi connectivity index (χ4v) is 0. The van der Waals surface area contributed by atoms with Crippen molar-refractivity contribution in [2.45, 2.75) is 13.2 Å². The molecule has 0 aromatic rings. The van der Waals surface area contributed by atoms with Crippen LogP contribution in [0, 0.1) is 0 Å². The van der Waals surface area contributed by atoms with Gasteiger partial charge in [0.25, 0.3) is 0 Å². The van der Waals surface area contributed by atoms with Gasteiger partial charge in [0.2, 0.25) is 0 Å². The second-order valence-electron chi connectivity index (χ2n) is 0.612. The molecule has 0 rings (SSSR count). The average molecular weight is 87.7 g/mol. The fourth-order valence-electron chi connectivity index (χ4n) is 0. The molecule has 0 fully saturated rings. The molecule has 0 aromatic heterocycles.